The number of carbonyl (C=O) groups excluding carboxylic acids is 2. The van der Waals surface area contributed by atoms with E-state index < -0.39 is 5.97 Å². The normalized spacial score (nSPS) is 10.4. The molecule has 1 aromatic heterocycles. The van der Waals surface area contributed by atoms with E-state index >= 15 is 0 Å². The van der Waals surface area contributed by atoms with Gasteiger partial charge in [-0.15, -0.1) is 4.73 Å². The molecular formula is C15H24N2O5. The van der Waals surface area contributed by atoms with Gasteiger partial charge in [-0.25, -0.2) is 4.79 Å². The molecule has 0 aromatic carbocycles. The number of nitrogens with one attached hydrogen (secondary N) is 1. The number of aromatic hydroxyl groups is 2. The molecule has 7 heteroatoms. The molecule has 0 saturated carbocycles. The zero-order valence-electron chi connectivity index (χ0n) is 12.9. The summed E-state index contributed by atoms with van der Waals surface area (Å²) in [5.41, 5.74) is 0. The molecule has 0 radical (unpaired) electrons. The Morgan fingerprint density at radius 2 is 1.77 bits per heavy atom. The summed E-state index contributed by atoms with van der Waals surface area (Å²) >= 11 is 0. The Labute approximate surface area is 129 Å². The van der Waals surface area contributed by atoms with Crippen molar-refractivity contribution in [3.8, 4) is 11.8 Å². The highest BCUT2D eigenvalue weighted by molar-refractivity contribution is 5.75. The zero-order valence-corrected chi connectivity index (χ0v) is 12.9. The molecular weight excluding hydrogens is 288 g/mol. The predicted octanol–water partition coefficient (Wildman–Crippen LogP) is 1.72. The number of hydrogen-bond acceptors (Lipinski definition) is 5. The first-order chi connectivity index (χ1) is 10.5. The smallest absolute Gasteiger partial charge is 0.333 e. The number of amides is 1. The van der Waals surface area contributed by atoms with Gasteiger partial charge in [-0.3, -0.25) is 4.79 Å². The highest BCUT2D eigenvalue weighted by Crippen LogP contribution is 2.18. The molecule has 0 aliphatic heterocycles. The molecule has 1 heterocycles. The van der Waals surface area contributed by atoms with Gasteiger partial charge in [0, 0.05) is 31.5 Å². The molecule has 1 rings (SSSR count). The second-order valence-electron chi connectivity index (χ2n) is 5.07. The second-order valence-corrected chi connectivity index (χ2v) is 5.07. The Balaban J connectivity index is 2.07. The van der Waals surface area contributed by atoms with Gasteiger partial charge in [0.05, 0.1) is 0 Å². The van der Waals surface area contributed by atoms with E-state index in [-0.39, 0.29) is 24.1 Å². The van der Waals surface area contributed by atoms with Crippen LogP contribution in [-0.4, -0.2) is 33.4 Å². The summed E-state index contributed by atoms with van der Waals surface area (Å²) in [6.45, 7) is 2.65. The Morgan fingerprint density at radius 3 is 2.41 bits per heavy atom. The third-order valence-corrected chi connectivity index (χ3v) is 3.13. The van der Waals surface area contributed by atoms with E-state index in [2.05, 4.69) is 5.32 Å². The molecule has 0 aliphatic carbocycles. The van der Waals surface area contributed by atoms with E-state index in [4.69, 9.17) is 4.84 Å². The number of hydrogen-bond donors (Lipinski definition) is 3. The summed E-state index contributed by atoms with van der Waals surface area (Å²) < 4.78 is 0.677. The molecule has 124 valence electrons. The van der Waals surface area contributed by atoms with Gasteiger partial charge in [0.1, 0.15) is 0 Å². The molecule has 0 bridgehead atoms. The first-order valence-corrected chi connectivity index (χ1v) is 7.62. The van der Waals surface area contributed by atoms with Crippen molar-refractivity contribution in [2.24, 2.45) is 0 Å². The quantitative estimate of drug-likeness (QED) is 0.571. The summed E-state index contributed by atoms with van der Waals surface area (Å²) in [5.74, 6) is -1.13. The zero-order chi connectivity index (χ0) is 16.4. The maximum absolute atomic E-state index is 11.5. The van der Waals surface area contributed by atoms with Crippen molar-refractivity contribution >= 4 is 11.9 Å². The number of unbranched alkanes of at least 4 members (excludes halogenated alkanes) is 3. The maximum Gasteiger partial charge on any atom is 0.333 e. The van der Waals surface area contributed by atoms with Gasteiger partial charge < -0.3 is 20.4 Å². The molecule has 1 aromatic rings. The lowest BCUT2D eigenvalue weighted by Gasteiger charge is -2.07. The van der Waals surface area contributed by atoms with Crippen LogP contribution in [0.4, 0.5) is 0 Å². The molecule has 0 fully saturated rings. The third kappa shape index (κ3) is 6.51. The topological polar surface area (TPSA) is 101 Å². The summed E-state index contributed by atoms with van der Waals surface area (Å²) in [6, 6.07) is 2.45. The Bertz CT molecular complexity index is 465. The lowest BCUT2D eigenvalue weighted by molar-refractivity contribution is -0.145. The van der Waals surface area contributed by atoms with Gasteiger partial charge in [-0.1, -0.05) is 19.8 Å². The van der Waals surface area contributed by atoms with Crippen molar-refractivity contribution in [1.82, 2.24) is 10.0 Å². The van der Waals surface area contributed by atoms with E-state index in [9.17, 15) is 19.8 Å². The minimum absolute atomic E-state index is 0.0693. The van der Waals surface area contributed by atoms with Crippen LogP contribution >= 0.6 is 0 Å². The summed E-state index contributed by atoms with van der Waals surface area (Å²) in [7, 11) is 0. The molecule has 0 saturated heterocycles. The minimum Gasteiger partial charge on any atom is -0.492 e. The highest BCUT2D eigenvalue weighted by atomic mass is 16.7. The largest absolute Gasteiger partial charge is 0.492 e. The molecule has 22 heavy (non-hydrogen) atoms. The molecule has 1 amide bonds. The van der Waals surface area contributed by atoms with Gasteiger partial charge in [-0.05, 0) is 19.3 Å². The Hall–Kier alpha value is -2.18. The van der Waals surface area contributed by atoms with Crippen molar-refractivity contribution in [3.05, 3.63) is 12.1 Å². The molecule has 0 atom stereocenters. The van der Waals surface area contributed by atoms with Gasteiger partial charge in [0.15, 0.2) is 0 Å². The lowest BCUT2D eigenvalue weighted by atomic mass is 10.2. The van der Waals surface area contributed by atoms with Crippen LogP contribution in [0.3, 0.4) is 0 Å². The maximum atomic E-state index is 11.5. The Kier molecular flexibility index (Phi) is 7.88. The number of rotatable bonds is 10. The predicted molar refractivity (Wildman–Crippen MR) is 80.4 cm³/mol. The van der Waals surface area contributed by atoms with E-state index in [0.717, 1.165) is 25.7 Å². The average molecular weight is 312 g/mol. The van der Waals surface area contributed by atoms with E-state index in [0.29, 0.717) is 24.1 Å². The summed E-state index contributed by atoms with van der Waals surface area (Å²) in [4.78, 5) is 27.7. The fourth-order valence-corrected chi connectivity index (χ4v) is 1.87. The molecule has 0 unspecified atom stereocenters. The second kappa shape index (κ2) is 9.70. The van der Waals surface area contributed by atoms with Crippen LogP contribution in [0.15, 0.2) is 12.1 Å². The van der Waals surface area contributed by atoms with E-state index in [1.54, 1.807) is 0 Å². The molecule has 0 aliphatic rings. The van der Waals surface area contributed by atoms with Crippen LogP contribution in [-0.2, 0) is 9.59 Å². The van der Waals surface area contributed by atoms with Crippen LogP contribution in [0.5, 0.6) is 11.8 Å². The number of nitrogens with zero attached hydrogens (tertiary/aromatic N) is 1. The van der Waals surface area contributed by atoms with Crippen molar-refractivity contribution in [2.45, 2.75) is 51.9 Å². The average Bonchev–Trinajstić information content (AvgIpc) is 2.80. The third-order valence-electron chi connectivity index (χ3n) is 3.13. The van der Waals surface area contributed by atoms with E-state index in [1.807, 2.05) is 6.92 Å². The number of aromatic nitrogens is 1. The summed E-state index contributed by atoms with van der Waals surface area (Å²) in [5, 5.41) is 21.5. The van der Waals surface area contributed by atoms with Crippen molar-refractivity contribution in [3.63, 3.8) is 0 Å². The SMILES string of the molecule is CCCCC(=O)NCCCCCC(=O)On1c(O)ccc1O. The first kappa shape index (κ1) is 17.9. The molecule has 0 spiro atoms. The van der Waals surface area contributed by atoms with Gasteiger partial charge in [0.25, 0.3) is 0 Å². The fourth-order valence-electron chi connectivity index (χ4n) is 1.87. The molecule has 3 N–H and O–H groups in total. The van der Waals surface area contributed by atoms with Crippen LogP contribution in [0.25, 0.3) is 0 Å². The van der Waals surface area contributed by atoms with Crippen LogP contribution in [0.2, 0.25) is 0 Å². The van der Waals surface area contributed by atoms with Crippen molar-refractivity contribution in [2.75, 3.05) is 6.54 Å². The Morgan fingerprint density at radius 1 is 1.09 bits per heavy atom. The highest BCUT2D eigenvalue weighted by Gasteiger charge is 2.11. The number of carbonyl (C=O) groups is 2. The van der Waals surface area contributed by atoms with Crippen LogP contribution < -0.4 is 10.2 Å². The monoisotopic (exact) mass is 312 g/mol. The first-order valence-electron chi connectivity index (χ1n) is 7.62. The summed E-state index contributed by atoms with van der Waals surface area (Å²) in [6.07, 6.45) is 4.84. The van der Waals surface area contributed by atoms with Crippen LogP contribution in [0, 0.1) is 0 Å². The lowest BCUT2D eigenvalue weighted by Crippen LogP contribution is -2.24. The minimum atomic E-state index is -0.534. The van der Waals surface area contributed by atoms with Crippen LogP contribution in [0.1, 0.15) is 51.9 Å². The standard InChI is InChI=1S/C15H24N2O5/c1-2-3-7-12(18)16-11-6-4-5-8-15(21)22-17-13(19)9-10-14(17)20/h9-10,19-20H,2-8,11H2,1H3,(H,16,18). The molecule has 7 nitrogen and oxygen atoms in total. The fraction of sp³-hybridized carbons (Fsp3) is 0.600. The van der Waals surface area contributed by atoms with Crippen molar-refractivity contribution in [1.29, 1.82) is 0 Å². The van der Waals surface area contributed by atoms with Crippen molar-refractivity contribution < 1.29 is 24.6 Å². The van der Waals surface area contributed by atoms with Gasteiger partial charge >= 0.3 is 5.97 Å². The van der Waals surface area contributed by atoms with Gasteiger partial charge in [-0.2, -0.15) is 0 Å². The van der Waals surface area contributed by atoms with E-state index in [1.165, 1.54) is 12.1 Å². The van der Waals surface area contributed by atoms with Gasteiger partial charge in [0.2, 0.25) is 17.7 Å².